The number of hydrogen-bond acceptors (Lipinski definition) is 3. The van der Waals surface area contributed by atoms with E-state index in [1.165, 1.54) is 12.0 Å². The molecule has 1 aromatic carbocycles. The van der Waals surface area contributed by atoms with E-state index < -0.39 is 10.3 Å². The van der Waals surface area contributed by atoms with Crippen LogP contribution in [0, 0.1) is 11.8 Å². The zero-order valence-electron chi connectivity index (χ0n) is 11.4. The predicted octanol–water partition coefficient (Wildman–Crippen LogP) is 3.80. The van der Waals surface area contributed by atoms with Crippen molar-refractivity contribution in [3.05, 3.63) is 29.8 Å². The highest BCUT2D eigenvalue weighted by molar-refractivity contribution is 7.84. The van der Waals surface area contributed by atoms with Gasteiger partial charge in [-0.2, -0.15) is 8.42 Å². The van der Waals surface area contributed by atoms with Crippen molar-refractivity contribution in [2.45, 2.75) is 33.6 Å². The molecule has 0 spiro atoms. The van der Waals surface area contributed by atoms with E-state index in [2.05, 4.69) is 30.4 Å². The van der Waals surface area contributed by atoms with Crippen molar-refractivity contribution in [3.8, 4) is 0 Å². The van der Waals surface area contributed by atoms with Crippen LogP contribution in [0.1, 0.15) is 32.8 Å². The Morgan fingerprint density at radius 1 is 1.16 bits per heavy atom. The smallest absolute Gasteiger partial charge is 0.267 e. The summed E-state index contributed by atoms with van der Waals surface area (Å²) in [4.78, 5) is 0. The molecular weight excluding hydrogens is 264 g/mol. The average Bonchev–Trinajstić information content (AvgIpc) is 2.26. The zero-order valence-corrected chi connectivity index (χ0v) is 12.3. The molecule has 0 amide bonds. The minimum Gasteiger partial charge on any atom is -0.267 e. The number of hydrogen-bond donors (Lipinski definition) is 1. The molecule has 0 fully saturated rings. The van der Waals surface area contributed by atoms with Gasteiger partial charge < -0.3 is 0 Å². The monoisotopic (exact) mass is 284 g/mol. The highest BCUT2D eigenvalue weighted by Gasteiger charge is 2.06. The van der Waals surface area contributed by atoms with Gasteiger partial charge in [-0.05, 0) is 46.9 Å². The van der Waals surface area contributed by atoms with Gasteiger partial charge in [0.05, 0.1) is 5.69 Å². The van der Waals surface area contributed by atoms with Gasteiger partial charge >= 0.3 is 10.3 Å². The van der Waals surface area contributed by atoms with Crippen LogP contribution in [0.2, 0.25) is 0 Å². The van der Waals surface area contributed by atoms with Crippen molar-refractivity contribution in [1.82, 2.24) is 0 Å². The molecule has 1 unspecified atom stereocenters. The molecule has 1 rings (SSSR count). The first-order chi connectivity index (χ1) is 8.76. The first-order valence-corrected chi connectivity index (χ1v) is 7.65. The maximum Gasteiger partial charge on any atom is 0.396 e. The molecule has 5 nitrogen and oxygen atoms in total. The molecule has 0 radical (unpaired) electrons. The lowest BCUT2D eigenvalue weighted by Gasteiger charge is -2.13. The summed E-state index contributed by atoms with van der Waals surface area (Å²) in [7, 11) is -4.41. The van der Waals surface area contributed by atoms with Gasteiger partial charge in [-0.15, -0.1) is 5.11 Å². The van der Waals surface area contributed by atoms with Crippen LogP contribution in [0.25, 0.3) is 0 Å². The van der Waals surface area contributed by atoms with Crippen molar-refractivity contribution in [3.63, 3.8) is 0 Å². The van der Waals surface area contributed by atoms with Crippen LogP contribution in [0.3, 0.4) is 0 Å². The molecule has 0 aliphatic carbocycles. The molecule has 1 N–H and O–H groups in total. The maximum atomic E-state index is 10.4. The molecular formula is C13H20N2O3S. The Labute approximate surface area is 114 Å². The molecule has 1 aromatic rings. The first kappa shape index (κ1) is 15.8. The molecule has 0 bridgehead atoms. The van der Waals surface area contributed by atoms with E-state index in [1.807, 2.05) is 12.1 Å². The lowest BCUT2D eigenvalue weighted by atomic mass is 9.93. The Morgan fingerprint density at radius 3 is 2.21 bits per heavy atom. The second-order valence-electron chi connectivity index (χ2n) is 5.23. The highest BCUT2D eigenvalue weighted by atomic mass is 32.2. The molecule has 0 saturated carbocycles. The normalized spacial score (nSPS) is 14.2. The zero-order chi connectivity index (χ0) is 14.5. The number of nitrogens with zero attached hydrogens (tertiary/aromatic N) is 2. The van der Waals surface area contributed by atoms with Crippen LogP contribution in [0.5, 0.6) is 0 Å². The number of rotatable bonds is 6. The molecule has 106 valence electrons. The molecule has 0 saturated heterocycles. The lowest BCUT2D eigenvalue weighted by molar-refractivity contribution is 0.437. The van der Waals surface area contributed by atoms with Gasteiger partial charge in [0.25, 0.3) is 0 Å². The molecule has 1 atom stereocenters. The summed E-state index contributed by atoms with van der Waals surface area (Å²) in [5, 5.41) is 3.43. The van der Waals surface area contributed by atoms with Crippen LogP contribution in [0.4, 0.5) is 5.69 Å². The summed E-state index contributed by atoms with van der Waals surface area (Å²) < 4.78 is 32.1. The van der Waals surface area contributed by atoms with Gasteiger partial charge in [-0.1, -0.05) is 32.9 Å². The summed E-state index contributed by atoms with van der Waals surface area (Å²) in [6.45, 7) is 6.62. The van der Waals surface area contributed by atoms with Gasteiger partial charge in [0, 0.05) is 0 Å². The minimum atomic E-state index is -4.41. The molecule has 0 aromatic heterocycles. The SMILES string of the molecule is CC(C)CC(C)Cc1ccc(N=NS(=O)(=O)O)cc1. The van der Waals surface area contributed by atoms with Gasteiger partial charge in [0.15, 0.2) is 0 Å². The van der Waals surface area contributed by atoms with Crippen molar-refractivity contribution in [2.75, 3.05) is 0 Å². The van der Waals surface area contributed by atoms with E-state index in [4.69, 9.17) is 4.55 Å². The minimum absolute atomic E-state index is 0.401. The second-order valence-corrected chi connectivity index (χ2v) is 6.29. The van der Waals surface area contributed by atoms with Gasteiger partial charge in [-0.3, -0.25) is 4.55 Å². The van der Waals surface area contributed by atoms with Gasteiger partial charge in [0.2, 0.25) is 0 Å². The maximum absolute atomic E-state index is 10.4. The van der Waals surface area contributed by atoms with E-state index in [0.29, 0.717) is 17.5 Å². The van der Waals surface area contributed by atoms with Crippen molar-refractivity contribution in [1.29, 1.82) is 0 Å². The summed E-state index contributed by atoms with van der Waals surface area (Å²) in [6, 6.07) is 7.17. The largest absolute Gasteiger partial charge is 0.396 e. The third kappa shape index (κ3) is 7.03. The molecule has 6 heteroatoms. The summed E-state index contributed by atoms with van der Waals surface area (Å²) >= 11 is 0. The molecule has 0 aliphatic rings. The fraction of sp³-hybridized carbons (Fsp3) is 0.538. The quantitative estimate of drug-likeness (QED) is 0.637. The van der Waals surface area contributed by atoms with Crippen LogP contribution >= 0.6 is 0 Å². The first-order valence-electron chi connectivity index (χ1n) is 6.25. The standard InChI is InChI=1S/C13H20N2O3S/c1-10(2)8-11(3)9-12-4-6-13(7-5-12)14-15-19(16,17)18/h4-7,10-11H,8-9H2,1-3H3,(H,16,17,18). The lowest BCUT2D eigenvalue weighted by Crippen LogP contribution is -2.03. The van der Waals surface area contributed by atoms with Crippen LogP contribution in [-0.4, -0.2) is 13.0 Å². The Bertz CT molecular complexity index is 521. The van der Waals surface area contributed by atoms with E-state index in [9.17, 15) is 8.42 Å². The third-order valence-corrected chi connectivity index (χ3v) is 2.94. The summed E-state index contributed by atoms with van der Waals surface area (Å²) in [6.07, 6.45) is 2.15. The Kier molecular flexibility index (Phi) is 5.62. The topological polar surface area (TPSA) is 79.1 Å². The Morgan fingerprint density at radius 2 is 1.74 bits per heavy atom. The van der Waals surface area contributed by atoms with E-state index in [0.717, 1.165) is 6.42 Å². The Hall–Kier alpha value is -1.27. The average molecular weight is 284 g/mol. The molecule has 0 heterocycles. The van der Waals surface area contributed by atoms with Gasteiger partial charge in [-0.25, -0.2) is 0 Å². The van der Waals surface area contributed by atoms with Crippen molar-refractivity contribution in [2.24, 2.45) is 21.5 Å². The fourth-order valence-corrected chi connectivity index (χ4v) is 2.29. The predicted molar refractivity (Wildman–Crippen MR) is 74.8 cm³/mol. The highest BCUT2D eigenvalue weighted by Crippen LogP contribution is 2.19. The van der Waals surface area contributed by atoms with Crippen molar-refractivity contribution >= 4 is 16.0 Å². The van der Waals surface area contributed by atoms with Crippen LogP contribution in [0.15, 0.2) is 33.9 Å². The van der Waals surface area contributed by atoms with E-state index in [1.54, 1.807) is 12.1 Å². The number of benzene rings is 1. The molecule has 0 aliphatic heterocycles. The van der Waals surface area contributed by atoms with E-state index >= 15 is 0 Å². The Balaban J connectivity index is 2.64. The van der Waals surface area contributed by atoms with Crippen molar-refractivity contribution < 1.29 is 13.0 Å². The van der Waals surface area contributed by atoms with Gasteiger partial charge in [0.1, 0.15) is 0 Å². The third-order valence-electron chi connectivity index (χ3n) is 2.65. The van der Waals surface area contributed by atoms with Crippen LogP contribution < -0.4 is 0 Å². The second kappa shape index (κ2) is 6.77. The summed E-state index contributed by atoms with van der Waals surface area (Å²) in [5.41, 5.74) is 1.58. The van der Waals surface area contributed by atoms with E-state index in [-0.39, 0.29) is 0 Å². The summed E-state index contributed by atoms with van der Waals surface area (Å²) in [5.74, 6) is 1.28. The fourth-order valence-electron chi connectivity index (χ4n) is 2.09. The molecule has 19 heavy (non-hydrogen) atoms. The van der Waals surface area contributed by atoms with Crippen LogP contribution in [-0.2, 0) is 16.7 Å².